The number of aromatic nitrogens is 4. The quantitative estimate of drug-likeness (QED) is 0.527. The van der Waals surface area contributed by atoms with Crippen molar-refractivity contribution in [2.45, 2.75) is 18.8 Å². The first-order valence-electron chi connectivity index (χ1n) is 9.48. The number of aryl methyl sites for hydroxylation is 1. The summed E-state index contributed by atoms with van der Waals surface area (Å²) < 4.78 is 32.5. The number of pyridine rings is 1. The summed E-state index contributed by atoms with van der Waals surface area (Å²) in [5.74, 6) is -0.460. The second kappa shape index (κ2) is 6.38. The van der Waals surface area contributed by atoms with Crippen LogP contribution in [0.4, 0.5) is 8.78 Å². The van der Waals surface area contributed by atoms with Gasteiger partial charge in [0.2, 0.25) is 0 Å². The number of hydrogen-bond donors (Lipinski definition) is 0. The summed E-state index contributed by atoms with van der Waals surface area (Å²) in [6, 6.07) is 4.67. The van der Waals surface area contributed by atoms with E-state index in [1.165, 1.54) is 12.1 Å². The zero-order valence-corrected chi connectivity index (χ0v) is 15.9. The molecule has 1 aliphatic heterocycles. The smallest absolute Gasteiger partial charge is 0.173 e. The third-order valence-electron chi connectivity index (χ3n) is 5.67. The fourth-order valence-corrected chi connectivity index (χ4v) is 4.11. The number of nitrogens with zero attached hydrogens (tertiary/aromatic N) is 5. The molecule has 0 saturated carbocycles. The van der Waals surface area contributed by atoms with Crippen molar-refractivity contribution in [3.05, 3.63) is 54.1 Å². The molecule has 0 spiro atoms. The van der Waals surface area contributed by atoms with E-state index in [0.717, 1.165) is 31.6 Å². The van der Waals surface area contributed by atoms with Gasteiger partial charge in [0, 0.05) is 42.5 Å². The molecule has 0 N–H and O–H groups in total. The van der Waals surface area contributed by atoms with E-state index in [9.17, 15) is 8.78 Å². The van der Waals surface area contributed by atoms with Crippen LogP contribution >= 0.6 is 0 Å². The summed E-state index contributed by atoms with van der Waals surface area (Å²) in [5, 5.41) is 4.81. The fraction of sp³-hybridized carbons (Fsp3) is 0.333. The van der Waals surface area contributed by atoms with Crippen molar-refractivity contribution >= 4 is 16.6 Å². The number of hydrogen-bond acceptors (Lipinski definition) is 3. The summed E-state index contributed by atoms with van der Waals surface area (Å²) >= 11 is 0. The van der Waals surface area contributed by atoms with Crippen molar-refractivity contribution in [3.8, 4) is 11.1 Å². The van der Waals surface area contributed by atoms with Gasteiger partial charge in [0.25, 0.3) is 0 Å². The van der Waals surface area contributed by atoms with Gasteiger partial charge in [-0.3, -0.25) is 4.68 Å². The van der Waals surface area contributed by atoms with Crippen LogP contribution in [-0.2, 0) is 7.05 Å². The molecule has 28 heavy (non-hydrogen) atoms. The van der Waals surface area contributed by atoms with Gasteiger partial charge in [-0.2, -0.15) is 5.10 Å². The fourth-order valence-electron chi connectivity index (χ4n) is 4.11. The predicted octanol–water partition coefficient (Wildman–Crippen LogP) is 3.98. The van der Waals surface area contributed by atoms with Gasteiger partial charge in [-0.15, -0.1) is 0 Å². The van der Waals surface area contributed by atoms with Gasteiger partial charge in [-0.05, 0) is 56.7 Å². The highest BCUT2D eigenvalue weighted by Gasteiger charge is 2.22. The van der Waals surface area contributed by atoms with Crippen LogP contribution < -0.4 is 0 Å². The Morgan fingerprint density at radius 2 is 1.68 bits per heavy atom. The lowest BCUT2D eigenvalue weighted by atomic mass is 9.94. The van der Waals surface area contributed by atoms with E-state index in [1.54, 1.807) is 22.3 Å². The molecule has 0 unspecified atom stereocenters. The minimum absolute atomic E-state index is 0.319. The second-order valence-corrected chi connectivity index (χ2v) is 7.75. The summed E-state index contributed by atoms with van der Waals surface area (Å²) in [6.07, 6.45) is 7.54. The van der Waals surface area contributed by atoms with E-state index < -0.39 is 11.6 Å². The zero-order chi connectivity index (χ0) is 19.4. The first-order chi connectivity index (χ1) is 13.5. The Morgan fingerprint density at radius 3 is 2.46 bits per heavy atom. The summed E-state index contributed by atoms with van der Waals surface area (Å²) in [4.78, 5) is 6.85. The predicted molar refractivity (Wildman–Crippen MR) is 104 cm³/mol. The Morgan fingerprint density at radius 1 is 0.929 bits per heavy atom. The molecule has 0 atom stereocenters. The van der Waals surface area contributed by atoms with E-state index in [4.69, 9.17) is 0 Å². The van der Waals surface area contributed by atoms with Gasteiger partial charge < -0.3 is 9.30 Å². The molecule has 0 aliphatic carbocycles. The monoisotopic (exact) mass is 381 g/mol. The van der Waals surface area contributed by atoms with Gasteiger partial charge in [0.15, 0.2) is 17.3 Å². The molecule has 0 bridgehead atoms. The van der Waals surface area contributed by atoms with Crippen molar-refractivity contribution in [2.75, 3.05) is 20.1 Å². The van der Waals surface area contributed by atoms with Crippen molar-refractivity contribution < 1.29 is 8.78 Å². The van der Waals surface area contributed by atoms with Crippen LogP contribution in [0.2, 0.25) is 0 Å². The molecule has 1 saturated heterocycles. The normalized spacial score (nSPS) is 16.4. The summed E-state index contributed by atoms with van der Waals surface area (Å²) in [5.41, 5.74) is 2.80. The van der Waals surface area contributed by atoms with Crippen LogP contribution in [0.3, 0.4) is 0 Å². The van der Waals surface area contributed by atoms with E-state index in [-0.39, 0.29) is 0 Å². The number of imidazole rings is 1. The van der Waals surface area contributed by atoms with Gasteiger partial charge in [0.05, 0.1) is 5.69 Å². The van der Waals surface area contributed by atoms with Crippen LogP contribution in [0.1, 0.15) is 24.5 Å². The standard InChI is InChI=1S/C21H21F2N5/c1-26-5-3-13(4-6-26)19-12-28-11-15(9-18(23)21(28)24-19)14-7-16-10-27(2)25-20(16)17(22)8-14/h7-13H,3-6H2,1-2H3. The van der Waals surface area contributed by atoms with Crippen LogP contribution in [0, 0.1) is 11.6 Å². The molecule has 1 aliphatic rings. The Bertz CT molecular complexity index is 1180. The van der Waals surface area contributed by atoms with Gasteiger partial charge in [-0.1, -0.05) is 0 Å². The molecule has 7 heteroatoms. The third kappa shape index (κ3) is 2.86. The van der Waals surface area contributed by atoms with Crippen molar-refractivity contribution in [2.24, 2.45) is 7.05 Å². The van der Waals surface area contributed by atoms with E-state index in [1.807, 2.05) is 18.5 Å². The van der Waals surface area contributed by atoms with Crippen molar-refractivity contribution in [1.82, 2.24) is 24.1 Å². The lowest BCUT2D eigenvalue weighted by Crippen LogP contribution is -2.29. The Hall–Kier alpha value is -2.80. The Labute approximate surface area is 161 Å². The zero-order valence-electron chi connectivity index (χ0n) is 15.9. The largest absolute Gasteiger partial charge is 0.306 e. The topological polar surface area (TPSA) is 38.4 Å². The number of rotatable bonds is 2. The van der Waals surface area contributed by atoms with Crippen molar-refractivity contribution in [3.63, 3.8) is 0 Å². The molecule has 1 fully saturated rings. The molecule has 0 radical (unpaired) electrons. The second-order valence-electron chi connectivity index (χ2n) is 7.75. The van der Waals surface area contributed by atoms with Crippen LogP contribution in [-0.4, -0.2) is 44.2 Å². The molecule has 4 heterocycles. The number of fused-ring (bicyclic) bond motifs is 2. The molecule has 5 nitrogen and oxygen atoms in total. The van der Waals surface area contributed by atoms with Gasteiger partial charge >= 0.3 is 0 Å². The third-order valence-corrected chi connectivity index (χ3v) is 5.67. The molecule has 144 valence electrons. The lowest BCUT2D eigenvalue weighted by Gasteiger charge is -2.27. The maximum absolute atomic E-state index is 14.8. The Balaban J connectivity index is 1.57. The van der Waals surface area contributed by atoms with Crippen LogP contribution in [0.5, 0.6) is 0 Å². The highest BCUT2D eigenvalue weighted by Crippen LogP contribution is 2.30. The number of piperidine rings is 1. The maximum atomic E-state index is 14.8. The van der Waals surface area contributed by atoms with E-state index >= 15 is 0 Å². The average Bonchev–Trinajstić information content (AvgIpc) is 3.26. The molecule has 0 amide bonds. The molecular weight excluding hydrogens is 360 g/mol. The number of halogens is 2. The molecule has 1 aromatic carbocycles. The number of benzene rings is 1. The SMILES string of the molecule is CN1CCC(c2cn3cc(-c4cc(F)c5nn(C)cc5c4)cc(F)c3n2)CC1. The highest BCUT2D eigenvalue weighted by atomic mass is 19.1. The number of likely N-dealkylation sites (tertiary alicyclic amines) is 1. The van der Waals surface area contributed by atoms with Crippen molar-refractivity contribution in [1.29, 1.82) is 0 Å². The van der Waals surface area contributed by atoms with Gasteiger partial charge in [-0.25, -0.2) is 13.8 Å². The summed E-state index contributed by atoms with van der Waals surface area (Å²) in [6.45, 7) is 2.05. The van der Waals surface area contributed by atoms with E-state index in [2.05, 4.69) is 22.0 Å². The first kappa shape index (κ1) is 17.3. The minimum atomic E-state index is -0.411. The molecule has 3 aromatic heterocycles. The Kier molecular flexibility index (Phi) is 3.94. The summed E-state index contributed by atoms with van der Waals surface area (Å²) in [7, 11) is 3.87. The maximum Gasteiger partial charge on any atom is 0.173 e. The van der Waals surface area contributed by atoms with E-state index in [0.29, 0.717) is 33.6 Å². The minimum Gasteiger partial charge on any atom is -0.306 e. The van der Waals surface area contributed by atoms with Crippen LogP contribution in [0.15, 0.2) is 36.8 Å². The van der Waals surface area contributed by atoms with Gasteiger partial charge in [0.1, 0.15) is 5.52 Å². The van der Waals surface area contributed by atoms with Crippen LogP contribution in [0.25, 0.3) is 27.7 Å². The molecule has 5 rings (SSSR count). The highest BCUT2D eigenvalue weighted by molar-refractivity contribution is 5.84. The molecule has 4 aromatic rings. The molecular formula is C21H21F2N5. The first-order valence-corrected chi connectivity index (χ1v) is 9.48. The average molecular weight is 381 g/mol. The lowest BCUT2D eigenvalue weighted by molar-refractivity contribution is 0.253.